The molecule has 20 heavy (non-hydrogen) atoms. The Morgan fingerprint density at radius 1 is 1.20 bits per heavy atom. The molecular weight excluding hydrogens is 246 g/mol. The Kier molecular flexibility index (Phi) is 4.27. The van der Waals surface area contributed by atoms with Gasteiger partial charge < -0.3 is 10.2 Å². The normalized spacial score (nSPS) is 26.8. The van der Waals surface area contributed by atoms with Gasteiger partial charge in [0.05, 0.1) is 0 Å². The minimum Gasteiger partial charge on any atom is -0.366 e. The van der Waals surface area contributed by atoms with Crippen LogP contribution in [0.5, 0.6) is 0 Å². The van der Waals surface area contributed by atoms with E-state index < -0.39 is 0 Å². The van der Waals surface area contributed by atoms with Crippen LogP contribution in [0.2, 0.25) is 0 Å². The van der Waals surface area contributed by atoms with Crippen LogP contribution in [0.15, 0.2) is 24.3 Å². The summed E-state index contributed by atoms with van der Waals surface area (Å²) in [5, 5.41) is 3.38. The largest absolute Gasteiger partial charge is 0.366 e. The highest BCUT2D eigenvalue weighted by Gasteiger charge is 2.34. The number of benzene rings is 1. The van der Waals surface area contributed by atoms with Crippen LogP contribution in [0.1, 0.15) is 32.3 Å². The fourth-order valence-corrected chi connectivity index (χ4v) is 3.62. The van der Waals surface area contributed by atoms with Crippen molar-refractivity contribution >= 4 is 5.69 Å². The second kappa shape index (κ2) is 6.15. The standard InChI is InChI=1S/C17H27N3/c1-3-18-11-15-6-8-16(9-7-15)20-13-17-5-4-10-19(17)12-14(20)2/h6-9,14,17-18H,3-5,10-13H2,1-2H3. The van der Waals surface area contributed by atoms with Crippen molar-refractivity contribution in [3.63, 3.8) is 0 Å². The van der Waals surface area contributed by atoms with Gasteiger partial charge in [0.15, 0.2) is 0 Å². The SMILES string of the molecule is CCNCc1ccc(N2CC3CCCN3CC2C)cc1. The number of fused-ring (bicyclic) bond motifs is 1. The Bertz CT molecular complexity index is 428. The Hall–Kier alpha value is -1.06. The van der Waals surface area contributed by atoms with Gasteiger partial charge in [0.1, 0.15) is 0 Å². The molecule has 1 N–H and O–H groups in total. The minimum atomic E-state index is 0.629. The van der Waals surface area contributed by atoms with Gasteiger partial charge in [-0.15, -0.1) is 0 Å². The molecule has 0 saturated carbocycles. The quantitative estimate of drug-likeness (QED) is 0.909. The molecule has 2 unspecified atom stereocenters. The molecule has 3 nitrogen and oxygen atoms in total. The lowest BCUT2D eigenvalue weighted by Crippen LogP contribution is -2.55. The van der Waals surface area contributed by atoms with Crippen LogP contribution in [0.4, 0.5) is 5.69 Å². The predicted molar refractivity (Wildman–Crippen MR) is 85.2 cm³/mol. The maximum absolute atomic E-state index is 3.38. The van der Waals surface area contributed by atoms with Crippen molar-refractivity contribution in [2.24, 2.45) is 0 Å². The second-order valence-electron chi connectivity index (χ2n) is 6.24. The van der Waals surface area contributed by atoms with Gasteiger partial charge in [0, 0.05) is 37.4 Å². The molecule has 0 radical (unpaired) electrons. The van der Waals surface area contributed by atoms with Crippen molar-refractivity contribution in [1.29, 1.82) is 0 Å². The van der Waals surface area contributed by atoms with E-state index in [2.05, 4.69) is 53.2 Å². The fraction of sp³-hybridized carbons (Fsp3) is 0.647. The third kappa shape index (κ3) is 2.84. The van der Waals surface area contributed by atoms with Crippen molar-refractivity contribution in [2.45, 2.75) is 45.3 Å². The van der Waals surface area contributed by atoms with E-state index in [1.807, 2.05) is 0 Å². The molecule has 3 heteroatoms. The molecule has 0 aromatic heterocycles. The van der Waals surface area contributed by atoms with Gasteiger partial charge in [0.2, 0.25) is 0 Å². The first-order valence-corrected chi connectivity index (χ1v) is 8.08. The molecule has 2 aliphatic heterocycles. The first-order chi connectivity index (χ1) is 9.78. The third-order valence-electron chi connectivity index (χ3n) is 4.78. The molecule has 2 fully saturated rings. The Balaban J connectivity index is 1.68. The van der Waals surface area contributed by atoms with E-state index in [1.54, 1.807) is 0 Å². The zero-order chi connectivity index (χ0) is 13.9. The van der Waals surface area contributed by atoms with E-state index in [0.717, 1.165) is 19.1 Å². The molecule has 1 aromatic carbocycles. The van der Waals surface area contributed by atoms with Crippen LogP contribution in [0.3, 0.4) is 0 Å². The summed E-state index contributed by atoms with van der Waals surface area (Å²) in [6, 6.07) is 10.6. The average Bonchev–Trinajstić information content (AvgIpc) is 2.92. The van der Waals surface area contributed by atoms with Crippen molar-refractivity contribution < 1.29 is 0 Å². The zero-order valence-corrected chi connectivity index (χ0v) is 12.8. The first-order valence-electron chi connectivity index (χ1n) is 8.08. The number of hydrogen-bond donors (Lipinski definition) is 1. The number of hydrogen-bond acceptors (Lipinski definition) is 3. The highest BCUT2D eigenvalue weighted by molar-refractivity contribution is 5.49. The molecule has 2 saturated heterocycles. The van der Waals surface area contributed by atoms with E-state index in [-0.39, 0.29) is 0 Å². The number of nitrogens with zero attached hydrogens (tertiary/aromatic N) is 2. The van der Waals surface area contributed by atoms with E-state index in [9.17, 15) is 0 Å². The van der Waals surface area contributed by atoms with E-state index >= 15 is 0 Å². The van der Waals surface area contributed by atoms with Crippen molar-refractivity contribution in [1.82, 2.24) is 10.2 Å². The van der Waals surface area contributed by atoms with Crippen LogP contribution in [-0.2, 0) is 6.54 Å². The lowest BCUT2D eigenvalue weighted by molar-refractivity contribution is 0.203. The van der Waals surface area contributed by atoms with E-state index in [0.29, 0.717) is 6.04 Å². The molecule has 2 aliphatic rings. The summed E-state index contributed by atoms with van der Waals surface area (Å²) in [6.45, 7) is 10.3. The van der Waals surface area contributed by atoms with Gasteiger partial charge in [-0.3, -0.25) is 4.90 Å². The maximum Gasteiger partial charge on any atom is 0.0389 e. The van der Waals surface area contributed by atoms with Gasteiger partial charge in [-0.2, -0.15) is 0 Å². The van der Waals surface area contributed by atoms with E-state index in [4.69, 9.17) is 0 Å². The lowest BCUT2D eigenvalue weighted by atomic mass is 10.1. The summed E-state index contributed by atoms with van der Waals surface area (Å²) >= 11 is 0. The first kappa shape index (κ1) is 13.9. The molecule has 0 amide bonds. The summed E-state index contributed by atoms with van der Waals surface area (Å²) in [5.74, 6) is 0. The predicted octanol–water partition coefficient (Wildman–Crippen LogP) is 2.47. The highest BCUT2D eigenvalue weighted by Crippen LogP contribution is 2.28. The van der Waals surface area contributed by atoms with Crippen LogP contribution in [-0.4, -0.2) is 43.2 Å². The van der Waals surface area contributed by atoms with Crippen LogP contribution < -0.4 is 10.2 Å². The smallest absolute Gasteiger partial charge is 0.0389 e. The average molecular weight is 273 g/mol. The summed E-state index contributed by atoms with van der Waals surface area (Å²) in [6.07, 6.45) is 2.76. The Labute approximate surface area is 123 Å². The molecule has 110 valence electrons. The molecule has 3 rings (SSSR count). The van der Waals surface area contributed by atoms with Crippen LogP contribution in [0.25, 0.3) is 0 Å². The van der Waals surface area contributed by atoms with Crippen molar-refractivity contribution in [3.8, 4) is 0 Å². The molecule has 0 spiro atoms. The molecule has 2 heterocycles. The van der Waals surface area contributed by atoms with E-state index in [1.165, 1.54) is 43.7 Å². The number of nitrogens with one attached hydrogen (secondary N) is 1. The fourth-order valence-electron chi connectivity index (χ4n) is 3.62. The van der Waals surface area contributed by atoms with Gasteiger partial charge in [-0.1, -0.05) is 19.1 Å². The van der Waals surface area contributed by atoms with Gasteiger partial charge in [0.25, 0.3) is 0 Å². The maximum atomic E-state index is 3.38. The number of rotatable bonds is 4. The van der Waals surface area contributed by atoms with Gasteiger partial charge in [-0.25, -0.2) is 0 Å². The summed E-state index contributed by atoms with van der Waals surface area (Å²) in [5.41, 5.74) is 2.77. The second-order valence-corrected chi connectivity index (χ2v) is 6.24. The number of anilines is 1. The summed E-state index contributed by atoms with van der Waals surface area (Å²) in [4.78, 5) is 5.28. The Morgan fingerprint density at radius 3 is 2.75 bits per heavy atom. The summed E-state index contributed by atoms with van der Waals surface area (Å²) in [7, 11) is 0. The van der Waals surface area contributed by atoms with Gasteiger partial charge >= 0.3 is 0 Å². The molecular formula is C17H27N3. The molecule has 1 aromatic rings. The zero-order valence-electron chi connectivity index (χ0n) is 12.8. The van der Waals surface area contributed by atoms with Crippen LogP contribution in [0, 0.1) is 0 Å². The minimum absolute atomic E-state index is 0.629. The molecule has 2 atom stereocenters. The molecule has 0 aliphatic carbocycles. The number of piperazine rings is 1. The molecule has 0 bridgehead atoms. The van der Waals surface area contributed by atoms with Crippen molar-refractivity contribution in [2.75, 3.05) is 31.1 Å². The van der Waals surface area contributed by atoms with Crippen LogP contribution >= 0.6 is 0 Å². The summed E-state index contributed by atoms with van der Waals surface area (Å²) < 4.78 is 0. The Morgan fingerprint density at radius 2 is 2.00 bits per heavy atom. The monoisotopic (exact) mass is 273 g/mol. The highest BCUT2D eigenvalue weighted by atomic mass is 15.3. The lowest BCUT2D eigenvalue weighted by Gasteiger charge is -2.43. The van der Waals surface area contributed by atoms with Crippen molar-refractivity contribution in [3.05, 3.63) is 29.8 Å². The topological polar surface area (TPSA) is 18.5 Å². The van der Waals surface area contributed by atoms with Gasteiger partial charge in [-0.05, 0) is 50.6 Å². The third-order valence-corrected chi connectivity index (χ3v) is 4.78.